The zero-order chi connectivity index (χ0) is 20.5. The van der Waals surface area contributed by atoms with Crippen molar-refractivity contribution < 1.29 is 57.8 Å². The molecular formula is C12H11F11O2. The molecule has 2 nitrogen and oxygen atoms in total. The van der Waals surface area contributed by atoms with Crippen LogP contribution in [0.4, 0.5) is 48.3 Å². The number of esters is 1. The van der Waals surface area contributed by atoms with Crippen LogP contribution in [-0.4, -0.2) is 42.4 Å². The van der Waals surface area contributed by atoms with Crippen LogP contribution in [0.15, 0.2) is 12.2 Å². The normalized spacial score (nSPS) is 14.4. The number of hydrogen-bond donors (Lipinski definition) is 0. The van der Waals surface area contributed by atoms with Gasteiger partial charge in [-0.2, -0.15) is 48.3 Å². The summed E-state index contributed by atoms with van der Waals surface area (Å²) in [6.45, 7) is 2.52. The van der Waals surface area contributed by atoms with Gasteiger partial charge in [0, 0.05) is 5.57 Å². The molecule has 0 aromatic carbocycles. The zero-order valence-electron chi connectivity index (χ0n) is 12.3. The van der Waals surface area contributed by atoms with Gasteiger partial charge in [-0.25, -0.2) is 4.79 Å². The molecule has 0 fully saturated rings. The molecule has 0 aliphatic rings. The van der Waals surface area contributed by atoms with E-state index in [2.05, 4.69) is 11.3 Å². The highest BCUT2D eigenvalue weighted by atomic mass is 19.4. The molecule has 0 bridgehead atoms. The van der Waals surface area contributed by atoms with Crippen LogP contribution in [0.5, 0.6) is 0 Å². The van der Waals surface area contributed by atoms with Gasteiger partial charge in [-0.05, 0) is 6.92 Å². The van der Waals surface area contributed by atoms with E-state index in [4.69, 9.17) is 0 Å². The second-order valence-corrected chi connectivity index (χ2v) is 5.03. The first-order chi connectivity index (χ1) is 10.8. The third-order valence-electron chi connectivity index (χ3n) is 2.78. The van der Waals surface area contributed by atoms with E-state index in [1.54, 1.807) is 0 Å². The Morgan fingerprint density at radius 1 is 0.840 bits per heavy atom. The number of carbonyl (C=O) groups is 1. The minimum absolute atomic E-state index is 0.342. The molecule has 0 aliphatic carbocycles. The summed E-state index contributed by atoms with van der Waals surface area (Å²) in [5, 5.41) is 0. The van der Waals surface area contributed by atoms with Crippen molar-refractivity contribution in [1.82, 2.24) is 0 Å². The summed E-state index contributed by atoms with van der Waals surface area (Å²) in [4.78, 5) is 10.8. The van der Waals surface area contributed by atoms with Crippen LogP contribution in [0.25, 0.3) is 0 Å². The van der Waals surface area contributed by atoms with Gasteiger partial charge in [-0.1, -0.05) is 6.58 Å². The first-order valence-corrected chi connectivity index (χ1v) is 6.19. The smallest absolute Gasteiger partial charge is 0.453 e. The number of halogens is 11. The van der Waals surface area contributed by atoms with Gasteiger partial charge in [-0.15, -0.1) is 0 Å². The highest BCUT2D eigenvalue weighted by Crippen LogP contribution is 2.53. The lowest BCUT2D eigenvalue weighted by atomic mass is 9.96. The molecule has 25 heavy (non-hydrogen) atoms. The Morgan fingerprint density at radius 3 is 1.64 bits per heavy atom. The monoisotopic (exact) mass is 396 g/mol. The van der Waals surface area contributed by atoms with Gasteiger partial charge >= 0.3 is 35.8 Å². The Hall–Kier alpha value is -1.56. The highest BCUT2D eigenvalue weighted by Gasteiger charge is 2.75. The topological polar surface area (TPSA) is 26.3 Å². The van der Waals surface area contributed by atoms with Crippen LogP contribution < -0.4 is 0 Å². The Balaban J connectivity index is 5.28. The summed E-state index contributed by atoms with van der Waals surface area (Å²) in [6.07, 6.45) is -12.8. The Kier molecular flexibility index (Phi) is 6.55. The molecular weight excluding hydrogens is 385 g/mol. The third kappa shape index (κ3) is 5.21. The predicted octanol–water partition coefficient (Wildman–Crippen LogP) is 4.99. The minimum atomic E-state index is -6.64. The van der Waals surface area contributed by atoms with Gasteiger partial charge in [-0.3, -0.25) is 0 Å². The summed E-state index contributed by atoms with van der Waals surface area (Å²) in [5.74, 6) is -26.4. The number of ether oxygens (including phenoxy) is 1. The first-order valence-electron chi connectivity index (χ1n) is 6.19. The van der Waals surface area contributed by atoms with E-state index >= 15 is 0 Å². The number of carbonyl (C=O) groups excluding carboxylic acids is 1. The van der Waals surface area contributed by atoms with Crippen LogP contribution in [0, 0.1) is 0 Å². The largest absolute Gasteiger partial charge is 0.462 e. The van der Waals surface area contributed by atoms with E-state index in [-0.39, 0.29) is 5.57 Å². The Bertz CT molecular complexity index is 508. The van der Waals surface area contributed by atoms with Crippen LogP contribution in [0.1, 0.15) is 19.8 Å². The minimum Gasteiger partial charge on any atom is -0.462 e. The van der Waals surface area contributed by atoms with Crippen molar-refractivity contribution in [2.24, 2.45) is 0 Å². The third-order valence-corrected chi connectivity index (χ3v) is 2.78. The molecule has 0 saturated heterocycles. The quantitative estimate of drug-likeness (QED) is 0.328. The highest BCUT2D eigenvalue weighted by molar-refractivity contribution is 5.86. The van der Waals surface area contributed by atoms with Gasteiger partial charge < -0.3 is 4.74 Å². The average molecular weight is 396 g/mol. The summed E-state index contributed by atoms with van der Waals surface area (Å²) in [7, 11) is 0. The second-order valence-electron chi connectivity index (χ2n) is 5.03. The van der Waals surface area contributed by atoms with E-state index in [9.17, 15) is 53.1 Å². The Labute approximate surface area is 133 Å². The predicted molar refractivity (Wildman–Crippen MR) is 60.9 cm³/mol. The number of hydrogen-bond acceptors (Lipinski definition) is 2. The lowest BCUT2D eigenvalue weighted by Crippen LogP contribution is -2.57. The maximum Gasteiger partial charge on any atom is 0.453 e. The van der Waals surface area contributed by atoms with E-state index in [1.807, 2.05) is 0 Å². The van der Waals surface area contributed by atoms with Gasteiger partial charge in [0.25, 0.3) is 0 Å². The van der Waals surface area contributed by atoms with Crippen LogP contribution in [0.2, 0.25) is 0 Å². The Morgan fingerprint density at radius 2 is 1.28 bits per heavy atom. The van der Waals surface area contributed by atoms with Crippen LogP contribution >= 0.6 is 0 Å². The number of rotatable bonds is 8. The second kappa shape index (κ2) is 6.98. The van der Waals surface area contributed by atoms with E-state index in [0.717, 1.165) is 6.92 Å². The van der Waals surface area contributed by atoms with Crippen molar-refractivity contribution in [1.29, 1.82) is 0 Å². The van der Waals surface area contributed by atoms with E-state index < -0.39 is 55.3 Å². The molecule has 0 aromatic heterocycles. The lowest BCUT2D eigenvalue weighted by Gasteiger charge is -2.34. The average Bonchev–Trinajstić information content (AvgIpc) is 2.34. The molecule has 13 heteroatoms. The van der Waals surface area contributed by atoms with Crippen molar-refractivity contribution in [3.05, 3.63) is 12.2 Å². The van der Waals surface area contributed by atoms with Gasteiger partial charge in [0.2, 0.25) is 0 Å². The molecule has 0 heterocycles. The lowest BCUT2D eigenvalue weighted by molar-refractivity contribution is -0.352. The van der Waals surface area contributed by atoms with Crippen molar-refractivity contribution in [2.45, 2.75) is 49.6 Å². The molecule has 0 unspecified atom stereocenters. The van der Waals surface area contributed by atoms with Crippen molar-refractivity contribution in [3.8, 4) is 0 Å². The van der Waals surface area contributed by atoms with Crippen LogP contribution in [0.3, 0.4) is 0 Å². The standard InChI is InChI=1S/C12H11F11O2/c1-6(2)7(24)25-4-3-8(13,14)11(19,20)9(15,16)5-10(17,18)12(21,22)23/h1,3-5H2,2H3. The molecule has 0 aromatic rings. The van der Waals surface area contributed by atoms with Gasteiger partial charge in [0.05, 0.1) is 19.4 Å². The zero-order valence-corrected chi connectivity index (χ0v) is 12.3. The fourth-order valence-corrected chi connectivity index (χ4v) is 1.31. The summed E-state index contributed by atoms with van der Waals surface area (Å²) >= 11 is 0. The molecule has 0 rings (SSSR count). The maximum atomic E-state index is 13.3. The SMILES string of the molecule is C=C(C)C(=O)OCCC(F)(F)C(F)(F)C(F)(F)CC(F)(F)C(F)(F)F. The summed E-state index contributed by atoms with van der Waals surface area (Å²) < 4.78 is 144. The van der Waals surface area contributed by atoms with Crippen molar-refractivity contribution >= 4 is 5.97 Å². The fraction of sp³-hybridized carbons (Fsp3) is 0.750. The molecule has 0 saturated carbocycles. The molecule has 0 aliphatic heterocycles. The maximum absolute atomic E-state index is 13.3. The van der Waals surface area contributed by atoms with Gasteiger partial charge in [0.1, 0.15) is 0 Å². The van der Waals surface area contributed by atoms with Gasteiger partial charge in [0.15, 0.2) is 0 Å². The number of alkyl halides is 11. The summed E-state index contributed by atoms with van der Waals surface area (Å²) in [6, 6.07) is 0. The molecule has 0 amide bonds. The fourth-order valence-electron chi connectivity index (χ4n) is 1.31. The first kappa shape index (κ1) is 23.4. The molecule has 0 atom stereocenters. The summed E-state index contributed by atoms with van der Waals surface area (Å²) in [5.41, 5.74) is -0.342. The molecule has 0 spiro atoms. The van der Waals surface area contributed by atoms with Crippen molar-refractivity contribution in [2.75, 3.05) is 6.61 Å². The molecule has 0 N–H and O–H groups in total. The molecule has 148 valence electrons. The molecule has 0 radical (unpaired) electrons. The van der Waals surface area contributed by atoms with Crippen molar-refractivity contribution in [3.63, 3.8) is 0 Å². The van der Waals surface area contributed by atoms with E-state index in [0.29, 0.717) is 0 Å². The van der Waals surface area contributed by atoms with Crippen LogP contribution in [-0.2, 0) is 9.53 Å². The van der Waals surface area contributed by atoms with E-state index in [1.165, 1.54) is 0 Å².